The molecule has 0 aliphatic heterocycles. The van der Waals surface area contributed by atoms with Crippen molar-refractivity contribution in [3.05, 3.63) is 59.0 Å². The Morgan fingerprint density at radius 2 is 2.11 bits per heavy atom. The van der Waals surface area contributed by atoms with Gasteiger partial charge in [-0.25, -0.2) is 0 Å². The Morgan fingerprint density at radius 1 is 1.33 bits per heavy atom. The van der Waals surface area contributed by atoms with E-state index in [1.807, 2.05) is 32.0 Å². The molecule has 1 unspecified atom stereocenters. The van der Waals surface area contributed by atoms with E-state index in [4.69, 9.17) is 4.42 Å². The molecule has 0 spiro atoms. The van der Waals surface area contributed by atoms with Crippen LogP contribution in [0, 0.1) is 13.8 Å². The minimum Gasteiger partial charge on any atom is -0.481 e. The van der Waals surface area contributed by atoms with Crippen molar-refractivity contribution in [1.82, 2.24) is 0 Å². The Morgan fingerprint density at radius 3 is 2.72 bits per heavy atom. The molecule has 0 saturated carbocycles. The Labute approximate surface area is 106 Å². The third-order valence-corrected chi connectivity index (χ3v) is 3.09. The zero-order valence-electron chi connectivity index (χ0n) is 10.5. The van der Waals surface area contributed by atoms with Gasteiger partial charge in [0.05, 0.1) is 12.2 Å². The van der Waals surface area contributed by atoms with Gasteiger partial charge in [0.15, 0.2) is 0 Å². The number of benzene rings is 1. The second kappa shape index (κ2) is 5.08. The van der Waals surface area contributed by atoms with Gasteiger partial charge in [-0.3, -0.25) is 4.79 Å². The van der Waals surface area contributed by atoms with E-state index in [-0.39, 0.29) is 0 Å². The zero-order valence-corrected chi connectivity index (χ0v) is 10.5. The van der Waals surface area contributed by atoms with Gasteiger partial charge in [0.2, 0.25) is 0 Å². The molecule has 1 aromatic carbocycles. The summed E-state index contributed by atoms with van der Waals surface area (Å²) in [5.74, 6) is -0.681. The molecule has 0 bridgehead atoms. The van der Waals surface area contributed by atoms with E-state index >= 15 is 0 Å². The van der Waals surface area contributed by atoms with Crippen molar-refractivity contribution in [2.24, 2.45) is 0 Å². The molecule has 3 nitrogen and oxygen atoms in total. The minimum atomic E-state index is -0.819. The van der Waals surface area contributed by atoms with Crippen LogP contribution in [-0.4, -0.2) is 11.1 Å². The molecule has 0 saturated heterocycles. The lowest BCUT2D eigenvalue weighted by atomic mass is 9.90. The van der Waals surface area contributed by atoms with Gasteiger partial charge in [-0.15, -0.1) is 0 Å². The number of carboxylic acid groups (broad SMARTS) is 1. The Hall–Kier alpha value is -2.03. The maximum absolute atomic E-state index is 11.4. The SMILES string of the molecule is Cc1ccc(C)c(C(Cc2ccco2)C(=O)O)c1. The average Bonchev–Trinajstić information content (AvgIpc) is 2.82. The quantitative estimate of drug-likeness (QED) is 0.897. The van der Waals surface area contributed by atoms with Crippen LogP contribution in [0.5, 0.6) is 0 Å². The van der Waals surface area contributed by atoms with Crippen LogP contribution in [0.15, 0.2) is 41.0 Å². The summed E-state index contributed by atoms with van der Waals surface area (Å²) >= 11 is 0. The highest BCUT2D eigenvalue weighted by Gasteiger charge is 2.23. The molecule has 2 rings (SSSR count). The molecule has 3 heteroatoms. The molecule has 0 aliphatic rings. The highest BCUT2D eigenvalue weighted by Crippen LogP contribution is 2.25. The van der Waals surface area contributed by atoms with Gasteiger partial charge < -0.3 is 9.52 Å². The number of hydrogen-bond donors (Lipinski definition) is 1. The Bertz CT molecular complexity index is 541. The summed E-state index contributed by atoms with van der Waals surface area (Å²) in [4.78, 5) is 11.4. The lowest BCUT2D eigenvalue weighted by Gasteiger charge is -2.15. The number of carboxylic acids is 1. The summed E-state index contributed by atoms with van der Waals surface area (Å²) in [6.07, 6.45) is 1.95. The monoisotopic (exact) mass is 244 g/mol. The van der Waals surface area contributed by atoms with Crippen molar-refractivity contribution < 1.29 is 14.3 Å². The smallest absolute Gasteiger partial charge is 0.311 e. The molecule has 18 heavy (non-hydrogen) atoms. The number of aryl methyl sites for hydroxylation is 2. The third-order valence-electron chi connectivity index (χ3n) is 3.09. The first kappa shape index (κ1) is 12.4. The lowest BCUT2D eigenvalue weighted by Crippen LogP contribution is -2.15. The molecule has 0 amide bonds. The molecule has 1 N–H and O–H groups in total. The van der Waals surface area contributed by atoms with Crippen LogP contribution >= 0.6 is 0 Å². The van der Waals surface area contributed by atoms with Crippen LogP contribution < -0.4 is 0 Å². The minimum absolute atomic E-state index is 0.382. The molecule has 94 valence electrons. The third kappa shape index (κ3) is 2.62. The van der Waals surface area contributed by atoms with E-state index in [1.54, 1.807) is 18.4 Å². The van der Waals surface area contributed by atoms with Gasteiger partial charge in [0.1, 0.15) is 5.76 Å². The van der Waals surface area contributed by atoms with Gasteiger partial charge in [-0.2, -0.15) is 0 Å². The Balaban J connectivity index is 2.35. The summed E-state index contributed by atoms with van der Waals surface area (Å²) in [6, 6.07) is 9.48. The fourth-order valence-electron chi connectivity index (χ4n) is 2.10. The number of furan rings is 1. The van der Waals surface area contributed by atoms with Crippen LogP contribution in [0.4, 0.5) is 0 Å². The molecule has 2 aromatic rings. The first-order valence-electron chi connectivity index (χ1n) is 5.90. The van der Waals surface area contributed by atoms with Crippen molar-refractivity contribution in [1.29, 1.82) is 0 Å². The second-order valence-electron chi connectivity index (χ2n) is 4.53. The number of hydrogen-bond acceptors (Lipinski definition) is 2. The largest absolute Gasteiger partial charge is 0.481 e. The molecule has 0 fully saturated rings. The van der Waals surface area contributed by atoms with Gasteiger partial charge in [-0.05, 0) is 37.1 Å². The highest BCUT2D eigenvalue weighted by atomic mass is 16.4. The van der Waals surface area contributed by atoms with Gasteiger partial charge >= 0.3 is 5.97 Å². The maximum atomic E-state index is 11.4. The summed E-state index contributed by atoms with van der Waals surface area (Å²) in [5.41, 5.74) is 2.93. The van der Waals surface area contributed by atoms with Crippen LogP contribution in [-0.2, 0) is 11.2 Å². The maximum Gasteiger partial charge on any atom is 0.311 e. The average molecular weight is 244 g/mol. The highest BCUT2D eigenvalue weighted by molar-refractivity contribution is 5.77. The van der Waals surface area contributed by atoms with Crippen molar-refractivity contribution in [3.63, 3.8) is 0 Å². The lowest BCUT2D eigenvalue weighted by molar-refractivity contribution is -0.138. The number of carbonyl (C=O) groups is 1. The van der Waals surface area contributed by atoms with Gasteiger partial charge in [0.25, 0.3) is 0 Å². The van der Waals surface area contributed by atoms with Gasteiger partial charge in [0, 0.05) is 6.42 Å². The van der Waals surface area contributed by atoms with Crippen LogP contribution in [0.25, 0.3) is 0 Å². The van der Waals surface area contributed by atoms with E-state index in [1.165, 1.54) is 0 Å². The summed E-state index contributed by atoms with van der Waals surface area (Å²) in [5, 5.41) is 9.40. The zero-order chi connectivity index (χ0) is 13.1. The van der Waals surface area contributed by atoms with E-state index in [2.05, 4.69) is 0 Å². The Kier molecular flexibility index (Phi) is 3.51. The van der Waals surface area contributed by atoms with Crippen molar-refractivity contribution >= 4 is 5.97 Å². The van der Waals surface area contributed by atoms with Crippen molar-refractivity contribution in [2.75, 3.05) is 0 Å². The van der Waals surface area contributed by atoms with E-state index < -0.39 is 11.9 Å². The summed E-state index contributed by atoms with van der Waals surface area (Å²) in [6.45, 7) is 3.90. The normalized spacial score (nSPS) is 12.3. The standard InChI is InChI=1S/C15H16O3/c1-10-5-6-11(2)13(8-10)14(15(16)17)9-12-4-3-7-18-12/h3-8,14H,9H2,1-2H3,(H,16,17). The summed E-state index contributed by atoms with van der Waals surface area (Å²) in [7, 11) is 0. The van der Waals surface area contributed by atoms with E-state index in [9.17, 15) is 9.90 Å². The summed E-state index contributed by atoms with van der Waals surface area (Å²) < 4.78 is 5.24. The van der Waals surface area contributed by atoms with Gasteiger partial charge in [-0.1, -0.05) is 23.8 Å². The van der Waals surface area contributed by atoms with Crippen molar-refractivity contribution in [3.8, 4) is 0 Å². The predicted octanol–water partition coefficient (Wildman–Crippen LogP) is 3.31. The first-order valence-corrected chi connectivity index (χ1v) is 5.90. The number of rotatable bonds is 4. The molecule has 1 atom stereocenters. The van der Waals surface area contributed by atoms with E-state index in [0.717, 1.165) is 16.7 Å². The fourth-order valence-corrected chi connectivity index (χ4v) is 2.10. The topological polar surface area (TPSA) is 50.4 Å². The molecule has 1 aromatic heterocycles. The van der Waals surface area contributed by atoms with Crippen molar-refractivity contribution in [2.45, 2.75) is 26.2 Å². The molecule has 0 aliphatic carbocycles. The van der Waals surface area contributed by atoms with E-state index in [0.29, 0.717) is 12.2 Å². The molecular weight excluding hydrogens is 228 g/mol. The fraction of sp³-hybridized carbons (Fsp3) is 0.267. The predicted molar refractivity (Wildman–Crippen MR) is 68.7 cm³/mol. The van der Waals surface area contributed by atoms with Crippen LogP contribution in [0.2, 0.25) is 0 Å². The first-order chi connectivity index (χ1) is 8.58. The number of aliphatic carboxylic acids is 1. The van der Waals surface area contributed by atoms with Crippen LogP contribution in [0.3, 0.4) is 0 Å². The second-order valence-corrected chi connectivity index (χ2v) is 4.53. The molecular formula is C15H16O3. The molecule has 0 radical (unpaired) electrons. The molecule has 1 heterocycles. The van der Waals surface area contributed by atoms with Crippen LogP contribution in [0.1, 0.15) is 28.4 Å².